The molecule has 2 aromatic heterocycles. The first kappa shape index (κ1) is 25.5. The predicted octanol–water partition coefficient (Wildman–Crippen LogP) is 3.96. The minimum absolute atomic E-state index is 0.00448. The zero-order valence-electron chi connectivity index (χ0n) is 20.6. The van der Waals surface area contributed by atoms with E-state index < -0.39 is 47.8 Å². The number of fused-ring (bicyclic) bond motifs is 9. The summed E-state index contributed by atoms with van der Waals surface area (Å²) in [6.07, 6.45) is -0.412. The van der Waals surface area contributed by atoms with E-state index in [0.29, 0.717) is 6.42 Å². The largest absolute Gasteiger partial charge is 0.416 e. The Labute approximate surface area is 233 Å². The molecule has 2 saturated carbocycles. The number of thiazole rings is 1. The van der Waals surface area contributed by atoms with Gasteiger partial charge in [-0.2, -0.15) is 13.2 Å². The number of likely N-dealkylation sites (tertiary alicyclic amines) is 1. The Kier molecular flexibility index (Phi) is 5.76. The average molecular weight is 587 g/mol. The molecule has 1 aromatic carbocycles. The molecule has 4 aliphatic rings. The monoisotopic (exact) mass is 586 g/mol. The lowest BCUT2D eigenvalue weighted by molar-refractivity contribution is -0.143. The van der Waals surface area contributed by atoms with Crippen LogP contribution in [0.25, 0.3) is 0 Å². The summed E-state index contributed by atoms with van der Waals surface area (Å²) in [6, 6.07) is 8.01. The van der Waals surface area contributed by atoms with Gasteiger partial charge in [0.25, 0.3) is 0 Å². The number of nitrogens with zero attached hydrogens (tertiary/aromatic N) is 2. The van der Waals surface area contributed by atoms with Gasteiger partial charge in [0.15, 0.2) is 0 Å². The van der Waals surface area contributed by atoms with Gasteiger partial charge in [0.2, 0.25) is 17.7 Å². The fourth-order valence-corrected chi connectivity index (χ4v) is 10.2. The maximum atomic E-state index is 13.6. The number of pyridine rings is 1. The molecular weight excluding hydrogens is 565 g/mol. The molecule has 2 aliphatic carbocycles. The summed E-state index contributed by atoms with van der Waals surface area (Å²) in [7, 11) is 0. The number of carbonyl (C=O) groups excluding carboxylic acids is 3. The van der Waals surface area contributed by atoms with Crippen LogP contribution in [-0.2, 0) is 20.6 Å². The molecule has 0 radical (unpaired) electrons. The van der Waals surface area contributed by atoms with E-state index in [1.165, 1.54) is 12.1 Å². The molecule has 3 aromatic rings. The number of hydrogen-bond acceptors (Lipinski definition) is 7. The molecule has 7 atom stereocenters. The number of rotatable bonds is 4. The first-order valence-electron chi connectivity index (χ1n) is 12.7. The fourth-order valence-electron chi connectivity index (χ4n) is 7.28. The van der Waals surface area contributed by atoms with Crippen LogP contribution in [0.2, 0.25) is 0 Å². The van der Waals surface area contributed by atoms with Gasteiger partial charge in [0.1, 0.15) is 6.54 Å². The second-order valence-electron chi connectivity index (χ2n) is 10.6. The van der Waals surface area contributed by atoms with Crippen LogP contribution >= 0.6 is 23.1 Å². The Hall–Kier alpha value is -3.45. The summed E-state index contributed by atoms with van der Waals surface area (Å²) in [5.41, 5.74) is -0.0311. The summed E-state index contributed by atoms with van der Waals surface area (Å²) in [6.45, 7) is -0.560. The summed E-state index contributed by atoms with van der Waals surface area (Å²) in [5.74, 6) is -3.05. The summed E-state index contributed by atoms with van der Waals surface area (Å²) >= 11 is 2.73. The van der Waals surface area contributed by atoms with E-state index in [0.717, 1.165) is 43.8 Å². The van der Waals surface area contributed by atoms with Crippen molar-refractivity contribution < 1.29 is 27.6 Å². The Balaban J connectivity index is 1.15. The number of benzene rings is 1. The molecule has 2 bridgehead atoms. The highest BCUT2D eigenvalue weighted by Crippen LogP contribution is 2.68. The molecule has 206 valence electrons. The highest BCUT2D eigenvalue weighted by molar-refractivity contribution is 8.00. The van der Waals surface area contributed by atoms with Gasteiger partial charge >= 0.3 is 11.0 Å². The molecule has 13 heteroatoms. The van der Waals surface area contributed by atoms with Gasteiger partial charge in [0, 0.05) is 34.1 Å². The molecule has 4 heterocycles. The molecule has 2 N–H and O–H groups in total. The smallest absolute Gasteiger partial charge is 0.325 e. The van der Waals surface area contributed by atoms with Crippen LogP contribution in [0.15, 0.2) is 58.6 Å². The first-order valence-corrected chi connectivity index (χ1v) is 14.4. The minimum atomic E-state index is -4.57. The van der Waals surface area contributed by atoms with Crippen LogP contribution in [0.4, 0.5) is 18.9 Å². The number of H-pyrrole nitrogens is 1. The van der Waals surface area contributed by atoms with Crippen molar-refractivity contribution in [2.24, 2.45) is 29.6 Å². The number of thioether (sulfide) groups is 1. The fraction of sp³-hybridized carbons (Fsp3) is 0.370. The number of aromatic nitrogens is 2. The highest BCUT2D eigenvalue weighted by Gasteiger charge is 2.69. The van der Waals surface area contributed by atoms with E-state index in [-0.39, 0.29) is 39.5 Å². The van der Waals surface area contributed by atoms with Gasteiger partial charge in [-0.3, -0.25) is 29.1 Å². The molecule has 0 spiro atoms. The van der Waals surface area contributed by atoms with E-state index in [9.17, 15) is 32.3 Å². The lowest BCUT2D eigenvalue weighted by Gasteiger charge is -2.42. The van der Waals surface area contributed by atoms with E-state index in [1.54, 1.807) is 24.2 Å². The minimum Gasteiger partial charge on any atom is -0.325 e. The zero-order valence-corrected chi connectivity index (χ0v) is 22.2. The molecule has 3 fully saturated rings. The van der Waals surface area contributed by atoms with E-state index in [1.807, 2.05) is 12.1 Å². The number of aromatic amines is 1. The van der Waals surface area contributed by atoms with Crippen LogP contribution in [0.5, 0.6) is 0 Å². The van der Waals surface area contributed by atoms with Crippen molar-refractivity contribution in [3.63, 3.8) is 0 Å². The Morgan fingerprint density at radius 2 is 1.88 bits per heavy atom. The van der Waals surface area contributed by atoms with E-state index in [2.05, 4.69) is 15.3 Å². The van der Waals surface area contributed by atoms with Crippen molar-refractivity contribution in [3.05, 3.63) is 74.5 Å². The average Bonchev–Trinajstić information content (AvgIpc) is 3.65. The number of anilines is 1. The highest BCUT2D eigenvalue weighted by atomic mass is 32.2. The number of halogens is 3. The normalized spacial score (nSPS) is 30.3. The van der Waals surface area contributed by atoms with Gasteiger partial charge in [-0.05, 0) is 54.0 Å². The SMILES string of the molecule is O=C(CN1C(=O)C2C3CC(C2C1=O)C1C3Sc2[nH]c(=O)sc2[C@@H]1c1cccnc1)Nc1cccc(C(F)(F)F)c1. The number of amides is 3. The second kappa shape index (κ2) is 9.03. The number of carbonyl (C=O) groups is 3. The van der Waals surface area contributed by atoms with E-state index >= 15 is 0 Å². The van der Waals surface area contributed by atoms with Crippen LogP contribution in [0.1, 0.15) is 28.3 Å². The number of hydrogen-bond donors (Lipinski definition) is 2. The van der Waals surface area contributed by atoms with Crippen molar-refractivity contribution in [3.8, 4) is 0 Å². The third kappa shape index (κ3) is 3.85. The van der Waals surface area contributed by atoms with E-state index in [4.69, 9.17) is 0 Å². The van der Waals surface area contributed by atoms with Crippen LogP contribution in [0.3, 0.4) is 0 Å². The van der Waals surface area contributed by atoms with Crippen molar-refractivity contribution in [2.45, 2.75) is 28.8 Å². The van der Waals surface area contributed by atoms with Crippen molar-refractivity contribution in [1.29, 1.82) is 0 Å². The molecule has 6 unspecified atom stereocenters. The summed E-state index contributed by atoms with van der Waals surface area (Å²) in [5, 5.41) is 3.19. The van der Waals surface area contributed by atoms with Gasteiger partial charge in [-0.25, -0.2) is 0 Å². The van der Waals surface area contributed by atoms with Crippen molar-refractivity contribution in [1.82, 2.24) is 14.9 Å². The number of imide groups is 1. The van der Waals surface area contributed by atoms with Crippen LogP contribution in [0, 0.1) is 29.6 Å². The number of alkyl halides is 3. The Bertz CT molecular complexity index is 1610. The maximum Gasteiger partial charge on any atom is 0.416 e. The third-order valence-corrected chi connectivity index (χ3v) is 11.2. The molecule has 40 heavy (non-hydrogen) atoms. The van der Waals surface area contributed by atoms with Crippen LogP contribution in [-0.4, -0.2) is 44.4 Å². The molecule has 2 aliphatic heterocycles. The Morgan fingerprint density at radius 3 is 2.60 bits per heavy atom. The molecule has 1 saturated heterocycles. The van der Waals surface area contributed by atoms with Crippen molar-refractivity contribution >= 4 is 46.5 Å². The summed E-state index contributed by atoms with van der Waals surface area (Å²) in [4.78, 5) is 61.2. The number of nitrogens with one attached hydrogen (secondary N) is 2. The maximum absolute atomic E-state index is 13.6. The van der Waals surface area contributed by atoms with Gasteiger partial charge < -0.3 is 10.3 Å². The zero-order chi connectivity index (χ0) is 27.9. The van der Waals surface area contributed by atoms with Gasteiger partial charge in [-0.15, -0.1) is 11.8 Å². The second-order valence-corrected chi connectivity index (χ2v) is 12.8. The topological polar surface area (TPSA) is 112 Å². The van der Waals surface area contributed by atoms with Gasteiger partial charge in [-0.1, -0.05) is 23.5 Å². The lowest BCUT2D eigenvalue weighted by Crippen LogP contribution is -2.42. The predicted molar refractivity (Wildman–Crippen MR) is 140 cm³/mol. The van der Waals surface area contributed by atoms with Crippen LogP contribution < -0.4 is 10.2 Å². The molecular formula is C27H21F3N4O4S2. The quantitative estimate of drug-likeness (QED) is 0.448. The molecule has 7 rings (SSSR count). The Morgan fingerprint density at radius 1 is 1.10 bits per heavy atom. The third-order valence-electron chi connectivity index (χ3n) is 8.63. The standard InChI is InChI=1S/C27H21F3N4O4S2/c28-27(29,30)12-4-1-5-13(7-12)32-16(35)10-34-24(36)19-14-8-15(20(19)25(34)37)21-18(14)17(11-3-2-6-31-9-11)22-23(39-21)33-26(38)40-22/h1-7,9,14-15,17-21H,8,10H2,(H,32,35)(H,33,38)/t14?,15?,17-,18?,19?,20?,21?/m1/s1. The molecule has 3 amide bonds. The van der Waals surface area contributed by atoms with Gasteiger partial charge in [0.05, 0.1) is 22.4 Å². The summed E-state index contributed by atoms with van der Waals surface area (Å²) < 4.78 is 39.2. The lowest BCUT2D eigenvalue weighted by atomic mass is 9.68. The molecule has 8 nitrogen and oxygen atoms in total. The first-order chi connectivity index (χ1) is 19.1. The van der Waals surface area contributed by atoms with Crippen molar-refractivity contribution in [2.75, 3.05) is 11.9 Å².